The van der Waals surface area contributed by atoms with Gasteiger partial charge < -0.3 is 20.4 Å². The van der Waals surface area contributed by atoms with E-state index >= 15 is 0 Å². The fraction of sp³-hybridized carbons (Fsp3) is 0.167. The van der Waals surface area contributed by atoms with Crippen molar-refractivity contribution in [3.8, 4) is 11.5 Å². The second-order valence-corrected chi connectivity index (χ2v) is 8.95. The fourth-order valence-electron chi connectivity index (χ4n) is 3.81. The molecule has 1 heterocycles. The molecule has 1 atom stereocenters. The van der Waals surface area contributed by atoms with Gasteiger partial charge in [-0.3, -0.25) is 9.59 Å². The lowest BCUT2D eigenvalue weighted by Crippen LogP contribution is -2.52. The van der Waals surface area contributed by atoms with Crippen LogP contribution in [-0.2, 0) is 24.3 Å². The Morgan fingerprint density at radius 2 is 1.67 bits per heavy atom. The molecule has 0 saturated heterocycles. The maximum Gasteiger partial charge on any atom is 0.258 e. The molecule has 33 heavy (non-hydrogen) atoms. The second-order valence-electron chi connectivity index (χ2n) is 7.70. The number of phenolic OH excluding ortho intramolecular Hbond substituents is 2. The van der Waals surface area contributed by atoms with Crippen molar-refractivity contribution in [2.45, 2.75) is 25.6 Å². The van der Waals surface area contributed by atoms with Gasteiger partial charge >= 0.3 is 0 Å². The Morgan fingerprint density at radius 1 is 0.939 bits per heavy atom. The van der Waals surface area contributed by atoms with Gasteiger partial charge in [-0.05, 0) is 34.9 Å². The van der Waals surface area contributed by atoms with Crippen LogP contribution in [0, 0.1) is 0 Å². The molecule has 0 unspecified atom stereocenters. The van der Waals surface area contributed by atoms with Crippen LogP contribution in [0.25, 0.3) is 0 Å². The van der Waals surface area contributed by atoms with E-state index in [1.54, 1.807) is 18.2 Å². The van der Waals surface area contributed by atoms with Gasteiger partial charge in [-0.15, -0.1) is 0 Å². The number of nitrogens with zero attached hydrogens (tertiary/aromatic N) is 1. The highest BCUT2D eigenvalue weighted by Crippen LogP contribution is 2.33. The summed E-state index contributed by atoms with van der Waals surface area (Å²) in [6.07, 6.45) is 0.300. The molecule has 1 aliphatic heterocycles. The van der Waals surface area contributed by atoms with Gasteiger partial charge in [-0.1, -0.05) is 65.1 Å². The Kier molecular flexibility index (Phi) is 6.70. The lowest BCUT2D eigenvalue weighted by Gasteiger charge is -2.36. The summed E-state index contributed by atoms with van der Waals surface area (Å²) >= 11 is 18.1. The number of rotatable bonds is 4. The Morgan fingerprint density at radius 3 is 2.39 bits per heavy atom. The molecule has 0 aromatic heterocycles. The molecule has 170 valence electrons. The number of benzene rings is 3. The van der Waals surface area contributed by atoms with Gasteiger partial charge in [0, 0.05) is 35.6 Å². The van der Waals surface area contributed by atoms with Gasteiger partial charge in [0.25, 0.3) is 5.91 Å². The number of nitrogens with one attached hydrogen (secondary N) is 1. The summed E-state index contributed by atoms with van der Waals surface area (Å²) in [4.78, 5) is 28.0. The van der Waals surface area contributed by atoms with Gasteiger partial charge in [0.05, 0.1) is 10.6 Å². The molecular formula is C24H19Cl3N2O4. The first-order valence-electron chi connectivity index (χ1n) is 10.1. The molecular weight excluding hydrogens is 487 g/mol. The highest BCUT2D eigenvalue weighted by Gasteiger charge is 2.36. The summed E-state index contributed by atoms with van der Waals surface area (Å²) in [5.41, 5.74) is 2.45. The van der Waals surface area contributed by atoms with Gasteiger partial charge in [0.2, 0.25) is 5.91 Å². The largest absolute Gasteiger partial charge is 0.507 e. The summed E-state index contributed by atoms with van der Waals surface area (Å²) in [5.74, 6) is -1.71. The molecule has 6 nitrogen and oxygen atoms in total. The van der Waals surface area contributed by atoms with Crippen molar-refractivity contribution in [2.75, 3.05) is 0 Å². The highest BCUT2D eigenvalue weighted by molar-refractivity contribution is 6.35. The number of carbonyl (C=O) groups is 2. The standard InChI is InChI=1S/C24H19Cl3N2O4/c25-16-6-5-14(18(26)8-16)11-28-23(32)20-7-13-3-1-2-4-15(13)12-29(20)24(33)17-9-19(27)22(31)10-21(17)30/h1-6,8-10,20,30-31H,7,11-12H2,(H,28,32)/t20-/m1/s1. The molecule has 4 rings (SSSR count). The minimum atomic E-state index is -0.828. The molecule has 3 N–H and O–H groups in total. The first-order valence-corrected chi connectivity index (χ1v) is 11.2. The first-order chi connectivity index (χ1) is 15.7. The molecule has 0 saturated carbocycles. The van der Waals surface area contributed by atoms with E-state index in [2.05, 4.69) is 5.32 Å². The van der Waals surface area contributed by atoms with Gasteiger partial charge in [0.15, 0.2) is 0 Å². The van der Waals surface area contributed by atoms with Crippen molar-refractivity contribution < 1.29 is 19.8 Å². The molecule has 1 aliphatic rings. The predicted octanol–water partition coefficient (Wildman–Crippen LogP) is 4.94. The van der Waals surface area contributed by atoms with E-state index in [0.29, 0.717) is 22.0 Å². The molecule has 3 aromatic carbocycles. The number of aromatic hydroxyl groups is 2. The van der Waals surface area contributed by atoms with E-state index in [1.807, 2.05) is 24.3 Å². The third-order valence-electron chi connectivity index (χ3n) is 5.58. The van der Waals surface area contributed by atoms with Crippen LogP contribution in [0.4, 0.5) is 0 Å². The number of fused-ring (bicyclic) bond motifs is 1. The van der Waals surface area contributed by atoms with Crippen LogP contribution >= 0.6 is 34.8 Å². The van der Waals surface area contributed by atoms with Gasteiger partial charge in [-0.25, -0.2) is 0 Å². The third-order valence-corrected chi connectivity index (χ3v) is 6.47. The third kappa shape index (κ3) is 4.88. The minimum absolute atomic E-state index is 0.0769. The number of hydrogen-bond donors (Lipinski definition) is 3. The van der Waals surface area contributed by atoms with Crippen molar-refractivity contribution in [3.05, 3.63) is 91.9 Å². The Hall–Kier alpha value is -2.93. The fourth-order valence-corrected chi connectivity index (χ4v) is 4.45. The summed E-state index contributed by atoms with van der Waals surface area (Å²) in [6, 6.07) is 13.9. The van der Waals surface area contributed by atoms with Gasteiger partial charge in [-0.2, -0.15) is 0 Å². The smallest absolute Gasteiger partial charge is 0.258 e. The van der Waals surface area contributed by atoms with Crippen LogP contribution in [0.15, 0.2) is 54.6 Å². The molecule has 3 aromatic rings. The summed E-state index contributed by atoms with van der Waals surface area (Å²) in [6.45, 7) is 0.331. The SMILES string of the molecule is O=C(NCc1ccc(Cl)cc1Cl)[C@H]1Cc2ccccc2CN1C(=O)c1cc(Cl)c(O)cc1O. The van der Waals surface area contributed by atoms with E-state index in [4.69, 9.17) is 34.8 Å². The Labute approximate surface area is 205 Å². The Balaban J connectivity index is 1.63. The monoisotopic (exact) mass is 504 g/mol. The predicted molar refractivity (Wildman–Crippen MR) is 127 cm³/mol. The van der Waals surface area contributed by atoms with E-state index in [-0.39, 0.29) is 35.3 Å². The molecule has 0 radical (unpaired) electrons. The zero-order chi connectivity index (χ0) is 23.7. The maximum absolute atomic E-state index is 13.4. The lowest BCUT2D eigenvalue weighted by molar-refractivity contribution is -0.126. The number of halogens is 3. The summed E-state index contributed by atoms with van der Waals surface area (Å²) < 4.78 is 0. The molecule has 0 fully saturated rings. The first kappa shape index (κ1) is 23.2. The van der Waals surface area contributed by atoms with E-state index < -0.39 is 17.7 Å². The van der Waals surface area contributed by atoms with Crippen LogP contribution in [0.1, 0.15) is 27.0 Å². The minimum Gasteiger partial charge on any atom is -0.507 e. The number of hydrogen-bond acceptors (Lipinski definition) is 4. The number of amides is 2. The van der Waals surface area contributed by atoms with Crippen molar-refractivity contribution in [2.24, 2.45) is 0 Å². The van der Waals surface area contributed by atoms with E-state index in [9.17, 15) is 19.8 Å². The van der Waals surface area contributed by atoms with Gasteiger partial charge in [0.1, 0.15) is 17.5 Å². The Bertz CT molecular complexity index is 1250. The second kappa shape index (κ2) is 9.51. The van der Waals surface area contributed by atoms with Crippen LogP contribution < -0.4 is 5.32 Å². The molecule has 0 bridgehead atoms. The zero-order valence-electron chi connectivity index (χ0n) is 17.2. The van der Waals surface area contributed by atoms with Crippen LogP contribution in [0.3, 0.4) is 0 Å². The lowest BCUT2D eigenvalue weighted by atomic mass is 9.92. The maximum atomic E-state index is 13.4. The molecule has 9 heteroatoms. The van der Waals surface area contributed by atoms with Crippen LogP contribution in [0.5, 0.6) is 11.5 Å². The van der Waals surface area contributed by atoms with E-state index in [1.165, 1.54) is 11.0 Å². The quantitative estimate of drug-likeness (QED) is 0.468. The normalized spacial score (nSPS) is 15.1. The highest BCUT2D eigenvalue weighted by atomic mass is 35.5. The zero-order valence-corrected chi connectivity index (χ0v) is 19.5. The van der Waals surface area contributed by atoms with Crippen molar-refractivity contribution in [1.29, 1.82) is 0 Å². The van der Waals surface area contributed by atoms with Crippen molar-refractivity contribution in [1.82, 2.24) is 10.2 Å². The summed E-state index contributed by atoms with van der Waals surface area (Å²) in [7, 11) is 0. The number of phenols is 2. The topological polar surface area (TPSA) is 89.9 Å². The van der Waals surface area contributed by atoms with Crippen LogP contribution in [0.2, 0.25) is 15.1 Å². The summed E-state index contributed by atoms with van der Waals surface area (Å²) in [5, 5.41) is 23.6. The molecule has 0 spiro atoms. The molecule has 0 aliphatic carbocycles. The van der Waals surface area contributed by atoms with Crippen molar-refractivity contribution >= 4 is 46.6 Å². The average molecular weight is 506 g/mol. The van der Waals surface area contributed by atoms with Crippen LogP contribution in [-0.4, -0.2) is 33.0 Å². The van der Waals surface area contributed by atoms with Crippen molar-refractivity contribution in [3.63, 3.8) is 0 Å². The number of carbonyl (C=O) groups excluding carboxylic acids is 2. The molecule has 2 amide bonds. The average Bonchev–Trinajstić information content (AvgIpc) is 2.79. The van der Waals surface area contributed by atoms with E-state index in [0.717, 1.165) is 17.2 Å².